The third-order valence-corrected chi connectivity index (χ3v) is 9.15. The third-order valence-electron chi connectivity index (χ3n) is 9.15. The number of rotatable bonds is 3. The molecule has 4 heteroatoms. The molecule has 1 aliphatic rings. The molecular weight excluding hydrogens is 536 g/mol. The van der Waals surface area contributed by atoms with Crippen LogP contribution in [0, 0.1) is 22.7 Å². The fraction of sp³-hybridized carbons (Fsp3) is 0.0750. The van der Waals surface area contributed by atoms with Crippen LogP contribution in [0.15, 0.2) is 121 Å². The average Bonchev–Trinajstić information content (AvgIpc) is 3.53. The summed E-state index contributed by atoms with van der Waals surface area (Å²) in [5.74, 6) is 0. The molecule has 0 bridgehead atoms. The largest absolute Gasteiger partial charge is 0.308 e. The normalized spacial score (nSPS) is 12.9. The maximum Gasteiger partial charge on any atom is 0.148 e. The Balaban J connectivity index is 1.37. The van der Waals surface area contributed by atoms with Crippen molar-refractivity contribution in [3.05, 3.63) is 144 Å². The van der Waals surface area contributed by atoms with E-state index < -0.39 is 0 Å². The van der Waals surface area contributed by atoms with Crippen molar-refractivity contribution in [2.45, 2.75) is 19.3 Å². The first kappa shape index (κ1) is 25.7. The van der Waals surface area contributed by atoms with Gasteiger partial charge in [0.2, 0.25) is 0 Å². The van der Waals surface area contributed by atoms with Crippen LogP contribution in [0.1, 0.15) is 36.2 Å². The number of nitriles is 2. The van der Waals surface area contributed by atoms with Gasteiger partial charge in [-0.2, -0.15) is 10.5 Å². The van der Waals surface area contributed by atoms with Crippen LogP contribution in [0.5, 0.6) is 0 Å². The van der Waals surface area contributed by atoms with Crippen molar-refractivity contribution in [3.8, 4) is 51.2 Å². The molecule has 0 atom stereocenters. The summed E-state index contributed by atoms with van der Waals surface area (Å²) in [5.41, 5.74) is 12.3. The molecule has 8 rings (SSSR count). The van der Waals surface area contributed by atoms with Crippen molar-refractivity contribution >= 4 is 21.8 Å². The molecule has 0 amide bonds. The van der Waals surface area contributed by atoms with Gasteiger partial charge >= 0.3 is 0 Å². The second kappa shape index (κ2) is 9.53. The summed E-state index contributed by atoms with van der Waals surface area (Å²) in [4.78, 5) is 4.47. The van der Waals surface area contributed by atoms with Crippen molar-refractivity contribution in [2.75, 3.05) is 0 Å². The molecule has 0 N–H and O–H groups in total. The molecule has 44 heavy (non-hydrogen) atoms. The highest BCUT2D eigenvalue weighted by molar-refractivity contribution is 6.18. The lowest BCUT2D eigenvalue weighted by Crippen LogP contribution is -2.14. The van der Waals surface area contributed by atoms with E-state index >= 15 is 0 Å². The molecule has 4 nitrogen and oxygen atoms in total. The molecule has 5 aromatic carbocycles. The van der Waals surface area contributed by atoms with Crippen molar-refractivity contribution in [3.63, 3.8) is 0 Å². The zero-order chi connectivity index (χ0) is 30.0. The van der Waals surface area contributed by atoms with E-state index in [4.69, 9.17) is 0 Å². The summed E-state index contributed by atoms with van der Waals surface area (Å²) in [6.07, 6.45) is 1.73. The molecule has 7 aromatic rings. The SMILES string of the molecule is CC1(C)c2ccccc2-c2c1ccc1c2c2ccccc2n1-c1ccc(-c2cc(-c3ccccc3)cnc2C#N)cc1C#N. The number of hydrogen-bond donors (Lipinski definition) is 0. The molecule has 0 aliphatic heterocycles. The Morgan fingerprint density at radius 2 is 1.41 bits per heavy atom. The Morgan fingerprint density at radius 3 is 2.23 bits per heavy atom. The van der Waals surface area contributed by atoms with Gasteiger partial charge in [-0.25, -0.2) is 4.98 Å². The highest BCUT2D eigenvalue weighted by Crippen LogP contribution is 2.53. The summed E-state index contributed by atoms with van der Waals surface area (Å²) in [6, 6.07) is 44.2. The summed E-state index contributed by atoms with van der Waals surface area (Å²) in [6.45, 7) is 4.60. The van der Waals surface area contributed by atoms with Gasteiger partial charge in [-0.3, -0.25) is 0 Å². The van der Waals surface area contributed by atoms with Crippen molar-refractivity contribution < 1.29 is 0 Å². The van der Waals surface area contributed by atoms with Gasteiger partial charge in [0.05, 0.1) is 22.3 Å². The molecule has 2 aromatic heterocycles. The van der Waals surface area contributed by atoms with E-state index in [0.29, 0.717) is 16.8 Å². The van der Waals surface area contributed by atoms with Gasteiger partial charge in [0.15, 0.2) is 0 Å². The van der Waals surface area contributed by atoms with Gasteiger partial charge in [0.25, 0.3) is 0 Å². The Morgan fingerprint density at radius 1 is 0.636 bits per heavy atom. The Hall–Kier alpha value is -5.97. The van der Waals surface area contributed by atoms with Crippen LogP contribution in [0.3, 0.4) is 0 Å². The van der Waals surface area contributed by atoms with Gasteiger partial charge < -0.3 is 4.57 Å². The summed E-state index contributed by atoms with van der Waals surface area (Å²) in [5, 5.41) is 22.8. The van der Waals surface area contributed by atoms with Crippen LogP contribution in [0.2, 0.25) is 0 Å². The lowest BCUT2D eigenvalue weighted by Gasteiger charge is -2.21. The monoisotopic (exact) mass is 562 g/mol. The van der Waals surface area contributed by atoms with Gasteiger partial charge in [0.1, 0.15) is 17.8 Å². The standard InChI is InChI=1S/C40H26N4/c1-40(2)32-14-8-6-12-29(32)38-33(40)17-19-37-39(38)30-13-7-9-15-36(30)44(37)35-18-16-26(20-27(35)22-41)31-21-28(24-43-34(31)23-42)25-10-4-3-5-11-25/h3-21,24H,1-2H3. The number of benzene rings is 5. The quantitative estimate of drug-likeness (QED) is 0.215. The average molecular weight is 563 g/mol. The minimum atomic E-state index is -0.108. The summed E-state index contributed by atoms with van der Waals surface area (Å²) in [7, 11) is 0. The zero-order valence-electron chi connectivity index (χ0n) is 24.3. The van der Waals surface area contributed by atoms with E-state index in [1.54, 1.807) is 6.20 Å². The number of fused-ring (bicyclic) bond motifs is 7. The molecule has 1 aliphatic carbocycles. The second-order valence-electron chi connectivity index (χ2n) is 11.8. The van der Waals surface area contributed by atoms with Crippen LogP contribution in [0.25, 0.3) is 60.9 Å². The van der Waals surface area contributed by atoms with Gasteiger partial charge in [-0.15, -0.1) is 0 Å². The fourth-order valence-corrected chi connectivity index (χ4v) is 7.06. The Bertz CT molecular complexity index is 2380. The van der Waals surface area contributed by atoms with Crippen molar-refractivity contribution in [2.24, 2.45) is 0 Å². The predicted molar refractivity (Wildman–Crippen MR) is 176 cm³/mol. The molecule has 2 heterocycles. The first-order chi connectivity index (χ1) is 21.5. The van der Waals surface area contributed by atoms with Crippen LogP contribution >= 0.6 is 0 Å². The fourth-order valence-electron chi connectivity index (χ4n) is 7.06. The van der Waals surface area contributed by atoms with Gasteiger partial charge in [-0.05, 0) is 63.7 Å². The number of aromatic nitrogens is 2. The molecule has 0 spiro atoms. The van der Waals surface area contributed by atoms with E-state index in [0.717, 1.165) is 38.8 Å². The Labute approximate surface area is 255 Å². The third kappa shape index (κ3) is 3.59. The molecule has 0 saturated carbocycles. The summed E-state index contributed by atoms with van der Waals surface area (Å²) >= 11 is 0. The van der Waals surface area contributed by atoms with E-state index in [1.807, 2.05) is 54.6 Å². The van der Waals surface area contributed by atoms with Crippen LogP contribution in [-0.4, -0.2) is 9.55 Å². The number of hydrogen-bond acceptors (Lipinski definition) is 3. The smallest absolute Gasteiger partial charge is 0.148 e. The van der Waals surface area contributed by atoms with E-state index in [2.05, 4.69) is 96.2 Å². The van der Waals surface area contributed by atoms with Crippen LogP contribution in [-0.2, 0) is 5.41 Å². The predicted octanol–water partition coefficient (Wildman–Crippen LogP) is 9.56. The summed E-state index contributed by atoms with van der Waals surface area (Å²) < 4.78 is 2.21. The number of para-hydroxylation sites is 1. The lowest BCUT2D eigenvalue weighted by atomic mass is 9.82. The minimum absolute atomic E-state index is 0.108. The van der Waals surface area contributed by atoms with Gasteiger partial charge in [0, 0.05) is 33.5 Å². The van der Waals surface area contributed by atoms with Gasteiger partial charge in [-0.1, -0.05) is 98.8 Å². The van der Waals surface area contributed by atoms with Crippen molar-refractivity contribution in [1.82, 2.24) is 9.55 Å². The van der Waals surface area contributed by atoms with E-state index in [9.17, 15) is 10.5 Å². The second-order valence-corrected chi connectivity index (χ2v) is 11.8. The zero-order valence-corrected chi connectivity index (χ0v) is 24.3. The Kier molecular flexibility index (Phi) is 5.57. The highest BCUT2D eigenvalue weighted by Gasteiger charge is 2.37. The van der Waals surface area contributed by atoms with E-state index in [1.165, 1.54) is 27.6 Å². The molecule has 0 unspecified atom stereocenters. The lowest BCUT2D eigenvalue weighted by molar-refractivity contribution is 0.661. The number of pyridine rings is 1. The van der Waals surface area contributed by atoms with Crippen LogP contribution in [0.4, 0.5) is 0 Å². The first-order valence-electron chi connectivity index (χ1n) is 14.7. The number of nitrogens with zero attached hydrogens (tertiary/aromatic N) is 4. The minimum Gasteiger partial charge on any atom is -0.308 e. The topological polar surface area (TPSA) is 65.4 Å². The molecule has 0 radical (unpaired) electrons. The maximum atomic E-state index is 10.5. The molecular formula is C40H26N4. The highest BCUT2D eigenvalue weighted by atomic mass is 15.0. The molecule has 0 fully saturated rings. The molecule has 0 saturated heterocycles. The molecule has 206 valence electrons. The first-order valence-corrected chi connectivity index (χ1v) is 14.7. The van der Waals surface area contributed by atoms with E-state index in [-0.39, 0.29) is 5.41 Å². The van der Waals surface area contributed by atoms with Crippen molar-refractivity contribution in [1.29, 1.82) is 10.5 Å². The van der Waals surface area contributed by atoms with Crippen LogP contribution < -0.4 is 0 Å². The maximum absolute atomic E-state index is 10.5.